The van der Waals surface area contributed by atoms with E-state index >= 15 is 0 Å². The maximum atomic E-state index is 12.8. The third-order valence-corrected chi connectivity index (χ3v) is 7.18. The van der Waals surface area contributed by atoms with Gasteiger partial charge in [-0.2, -0.15) is 0 Å². The van der Waals surface area contributed by atoms with Crippen LogP contribution in [0.2, 0.25) is 0 Å². The van der Waals surface area contributed by atoms with Crippen LogP contribution in [0.1, 0.15) is 70.6 Å². The number of fused-ring (bicyclic) bond motifs is 2. The van der Waals surface area contributed by atoms with Crippen molar-refractivity contribution in [3.05, 3.63) is 0 Å². The second-order valence-corrected chi connectivity index (χ2v) is 8.80. The van der Waals surface area contributed by atoms with E-state index in [9.17, 15) is 9.59 Å². The molecule has 0 aromatic carbocycles. The number of carbonyl (C=O) groups is 2. The molecule has 1 saturated heterocycles. The average molecular weight is 332 g/mol. The summed E-state index contributed by atoms with van der Waals surface area (Å²) in [6, 6.07) is 0.281. The van der Waals surface area contributed by atoms with E-state index in [1.165, 1.54) is 44.9 Å². The van der Waals surface area contributed by atoms with E-state index in [4.69, 9.17) is 0 Å². The van der Waals surface area contributed by atoms with E-state index in [2.05, 4.69) is 10.2 Å². The number of hydrogen-bond donors (Lipinski definition) is 1. The van der Waals surface area contributed by atoms with E-state index in [1.807, 2.05) is 0 Å². The van der Waals surface area contributed by atoms with Crippen LogP contribution in [-0.4, -0.2) is 35.8 Å². The van der Waals surface area contributed by atoms with E-state index in [0.717, 1.165) is 38.3 Å². The Bertz CT molecular complexity index is 478. The summed E-state index contributed by atoms with van der Waals surface area (Å²) in [5.41, 5.74) is 0. The normalized spacial score (nSPS) is 34.0. The van der Waals surface area contributed by atoms with Gasteiger partial charge < -0.3 is 10.2 Å². The van der Waals surface area contributed by atoms with Crippen molar-refractivity contribution in [3.8, 4) is 0 Å². The highest BCUT2D eigenvalue weighted by Gasteiger charge is 2.44. The Hall–Kier alpha value is -1.06. The lowest BCUT2D eigenvalue weighted by molar-refractivity contribution is -0.138. The van der Waals surface area contributed by atoms with Crippen LogP contribution in [0.15, 0.2) is 0 Å². The molecule has 24 heavy (non-hydrogen) atoms. The third kappa shape index (κ3) is 3.48. The summed E-state index contributed by atoms with van der Waals surface area (Å²) in [7, 11) is 0. The lowest BCUT2D eigenvalue weighted by Crippen LogP contribution is -2.48. The molecule has 4 heteroatoms. The minimum absolute atomic E-state index is 0.236. The molecule has 4 aliphatic rings. The van der Waals surface area contributed by atoms with E-state index in [1.54, 1.807) is 0 Å². The molecular formula is C20H32N2O2. The van der Waals surface area contributed by atoms with E-state index < -0.39 is 0 Å². The minimum atomic E-state index is 0.236. The molecule has 2 amide bonds. The SMILES string of the molecule is O=C(CC1CCCC1)NC1CCN(C(=O)[C@@H]2C[C@H]3CC[C@@H]2C3)CC1. The van der Waals surface area contributed by atoms with Crippen LogP contribution < -0.4 is 5.32 Å². The van der Waals surface area contributed by atoms with Crippen molar-refractivity contribution >= 4 is 11.8 Å². The van der Waals surface area contributed by atoms with Crippen molar-refractivity contribution in [1.29, 1.82) is 0 Å². The predicted octanol–water partition coefficient (Wildman–Crippen LogP) is 3.11. The number of nitrogens with zero attached hydrogens (tertiary/aromatic N) is 1. The fraction of sp³-hybridized carbons (Fsp3) is 0.900. The number of rotatable bonds is 4. The first-order valence-corrected chi connectivity index (χ1v) is 10.3. The smallest absolute Gasteiger partial charge is 0.225 e. The molecule has 0 aromatic heterocycles. The van der Waals surface area contributed by atoms with Gasteiger partial charge in [0, 0.05) is 31.5 Å². The largest absolute Gasteiger partial charge is 0.353 e. The number of carbonyl (C=O) groups excluding carboxylic acids is 2. The monoisotopic (exact) mass is 332 g/mol. The number of likely N-dealkylation sites (tertiary alicyclic amines) is 1. The summed E-state index contributed by atoms with van der Waals surface area (Å²) >= 11 is 0. The van der Waals surface area contributed by atoms with Gasteiger partial charge >= 0.3 is 0 Å². The highest BCUT2D eigenvalue weighted by atomic mass is 16.2. The van der Waals surface area contributed by atoms with Crippen LogP contribution in [0.3, 0.4) is 0 Å². The fourth-order valence-corrected chi connectivity index (χ4v) is 5.79. The maximum Gasteiger partial charge on any atom is 0.225 e. The van der Waals surface area contributed by atoms with Crippen molar-refractivity contribution in [3.63, 3.8) is 0 Å². The molecule has 0 radical (unpaired) electrons. The van der Waals surface area contributed by atoms with Gasteiger partial charge in [-0.1, -0.05) is 19.3 Å². The average Bonchev–Trinajstić information content (AvgIpc) is 3.32. The van der Waals surface area contributed by atoms with Crippen molar-refractivity contribution in [2.45, 2.75) is 76.7 Å². The van der Waals surface area contributed by atoms with Crippen LogP contribution in [0.25, 0.3) is 0 Å². The van der Waals surface area contributed by atoms with Gasteiger partial charge in [-0.25, -0.2) is 0 Å². The Morgan fingerprint density at radius 3 is 2.29 bits per heavy atom. The maximum absolute atomic E-state index is 12.8. The minimum Gasteiger partial charge on any atom is -0.353 e. The molecule has 4 nitrogen and oxygen atoms in total. The van der Waals surface area contributed by atoms with Crippen molar-refractivity contribution < 1.29 is 9.59 Å². The standard InChI is InChI=1S/C20H32N2O2/c23-19(13-14-3-1-2-4-14)21-17-7-9-22(10-8-17)20(24)18-12-15-5-6-16(18)11-15/h14-18H,1-13H2,(H,21,23)/t15-,16+,18+/m0/s1. The van der Waals surface area contributed by atoms with Crippen LogP contribution in [-0.2, 0) is 9.59 Å². The number of amides is 2. The van der Waals surface area contributed by atoms with E-state index in [-0.39, 0.29) is 11.9 Å². The van der Waals surface area contributed by atoms with Gasteiger partial charge in [-0.3, -0.25) is 9.59 Å². The summed E-state index contributed by atoms with van der Waals surface area (Å²) in [6.45, 7) is 1.67. The fourth-order valence-electron chi connectivity index (χ4n) is 5.79. The van der Waals surface area contributed by atoms with Gasteiger partial charge in [0.1, 0.15) is 0 Å². The highest BCUT2D eigenvalue weighted by molar-refractivity contribution is 5.80. The summed E-state index contributed by atoms with van der Waals surface area (Å²) in [5.74, 6) is 3.09. The van der Waals surface area contributed by atoms with E-state index in [0.29, 0.717) is 30.1 Å². The van der Waals surface area contributed by atoms with Gasteiger partial charge in [-0.15, -0.1) is 0 Å². The number of piperidine rings is 1. The number of nitrogens with one attached hydrogen (secondary N) is 1. The quantitative estimate of drug-likeness (QED) is 0.860. The first-order chi connectivity index (χ1) is 11.7. The van der Waals surface area contributed by atoms with Crippen LogP contribution in [0.5, 0.6) is 0 Å². The molecule has 0 spiro atoms. The van der Waals surface area contributed by atoms with Gasteiger partial charge in [0.25, 0.3) is 0 Å². The molecule has 3 aliphatic carbocycles. The van der Waals surface area contributed by atoms with Gasteiger partial charge in [0.2, 0.25) is 11.8 Å². The lowest BCUT2D eigenvalue weighted by Gasteiger charge is -2.35. The zero-order valence-corrected chi connectivity index (χ0v) is 14.8. The molecule has 3 saturated carbocycles. The van der Waals surface area contributed by atoms with Crippen LogP contribution in [0.4, 0.5) is 0 Å². The first-order valence-electron chi connectivity index (χ1n) is 10.3. The summed E-state index contributed by atoms with van der Waals surface area (Å²) in [5, 5.41) is 3.22. The zero-order valence-electron chi connectivity index (χ0n) is 14.8. The molecular weight excluding hydrogens is 300 g/mol. The molecule has 2 bridgehead atoms. The molecule has 0 aromatic rings. The van der Waals surface area contributed by atoms with Crippen molar-refractivity contribution in [1.82, 2.24) is 10.2 Å². The van der Waals surface area contributed by atoms with Crippen molar-refractivity contribution in [2.24, 2.45) is 23.7 Å². The second kappa shape index (κ2) is 7.05. The predicted molar refractivity (Wildman–Crippen MR) is 93.3 cm³/mol. The lowest BCUT2D eigenvalue weighted by atomic mass is 9.87. The Labute approximate surface area is 145 Å². The van der Waals surface area contributed by atoms with Gasteiger partial charge in [0.05, 0.1) is 0 Å². The molecule has 1 aliphatic heterocycles. The Balaban J connectivity index is 1.20. The molecule has 134 valence electrons. The highest BCUT2D eigenvalue weighted by Crippen LogP contribution is 2.49. The Morgan fingerprint density at radius 1 is 0.917 bits per heavy atom. The summed E-state index contributed by atoms with van der Waals surface area (Å²) < 4.78 is 0. The molecule has 4 fully saturated rings. The van der Waals surface area contributed by atoms with Gasteiger partial charge in [0.15, 0.2) is 0 Å². The summed E-state index contributed by atoms with van der Waals surface area (Å²) in [6.07, 6.45) is 12.7. The topological polar surface area (TPSA) is 49.4 Å². The Kier molecular flexibility index (Phi) is 4.82. The number of hydrogen-bond acceptors (Lipinski definition) is 2. The zero-order chi connectivity index (χ0) is 16.5. The molecule has 4 rings (SSSR count). The van der Waals surface area contributed by atoms with Crippen molar-refractivity contribution in [2.75, 3.05) is 13.1 Å². The second-order valence-electron chi connectivity index (χ2n) is 8.80. The molecule has 1 heterocycles. The van der Waals surface area contributed by atoms with Crippen LogP contribution in [0, 0.1) is 23.7 Å². The molecule has 3 atom stereocenters. The van der Waals surface area contributed by atoms with Crippen LogP contribution >= 0.6 is 0 Å². The first kappa shape index (κ1) is 16.4. The molecule has 1 N–H and O–H groups in total. The molecule has 0 unspecified atom stereocenters. The van der Waals surface area contributed by atoms with Gasteiger partial charge in [-0.05, 0) is 62.7 Å². The summed E-state index contributed by atoms with van der Waals surface area (Å²) in [4.78, 5) is 27.1. The third-order valence-electron chi connectivity index (χ3n) is 7.18. The Morgan fingerprint density at radius 2 is 1.67 bits per heavy atom.